The Kier molecular flexibility index (Phi) is 4.56. The number of fused-ring (bicyclic) bond motifs is 3. The topological polar surface area (TPSA) is 83.8 Å². The van der Waals surface area contributed by atoms with Crippen LogP contribution in [-0.2, 0) is 0 Å². The Labute approximate surface area is 173 Å². The summed E-state index contributed by atoms with van der Waals surface area (Å²) >= 11 is 1.64. The molecule has 5 rings (SSSR count). The van der Waals surface area contributed by atoms with E-state index in [1.807, 2.05) is 25.4 Å². The Morgan fingerprint density at radius 2 is 1.93 bits per heavy atom. The number of rotatable bonds is 4. The zero-order chi connectivity index (χ0) is 20.0. The highest BCUT2D eigenvalue weighted by Gasteiger charge is 2.18. The molecule has 0 aliphatic carbocycles. The number of imidazole rings is 1. The van der Waals surface area contributed by atoms with Gasteiger partial charge < -0.3 is 20.1 Å². The summed E-state index contributed by atoms with van der Waals surface area (Å²) in [4.78, 5) is 21.9. The molecule has 0 amide bonds. The van der Waals surface area contributed by atoms with Crippen molar-refractivity contribution < 1.29 is 0 Å². The van der Waals surface area contributed by atoms with E-state index in [-0.39, 0.29) is 0 Å². The summed E-state index contributed by atoms with van der Waals surface area (Å²) in [5.74, 6) is 2.30. The van der Waals surface area contributed by atoms with Gasteiger partial charge in [-0.15, -0.1) is 11.3 Å². The summed E-state index contributed by atoms with van der Waals surface area (Å²) in [6, 6.07) is 4.40. The van der Waals surface area contributed by atoms with Crippen LogP contribution in [0, 0.1) is 6.92 Å². The minimum Gasteiger partial charge on any atom is -0.368 e. The third kappa shape index (κ3) is 3.30. The second-order valence-electron chi connectivity index (χ2n) is 7.55. The number of thiophene rings is 1. The summed E-state index contributed by atoms with van der Waals surface area (Å²) in [6.07, 6.45) is 3.78. The van der Waals surface area contributed by atoms with Crippen molar-refractivity contribution in [2.45, 2.75) is 26.8 Å². The molecule has 4 aromatic heterocycles. The predicted molar refractivity (Wildman–Crippen MR) is 118 cm³/mol. The average Bonchev–Trinajstić information content (AvgIpc) is 3.23. The highest BCUT2D eigenvalue weighted by atomic mass is 32.1. The molecule has 8 nitrogen and oxygen atoms in total. The zero-order valence-corrected chi connectivity index (χ0v) is 17.6. The van der Waals surface area contributed by atoms with Crippen molar-refractivity contribution in [3.05, 3.63) is 30.4 Å². The molecule has 5 heterocycles. The third-order valence-corrected chi connectivity index (χ3v) is 6.22. The van der Waals surface area contributed by atoms with Crippen molar-refractivity contribution in [2.24, 2.45) is 0 Å². The second kappa shape index (κ2) is 7.23. The summed E-state index contributed by atoms with van der Waals surface area (Å²) in [6.45, 7) is 10.4. The maximum atomic E-state index is 4.80. The van der Waals surface area contributed by atoms with Gasteiger partial charge in [-0.2, -0.15) is 0 Å². The molecule has 1 fully saturated rings. The highest BCUT2D eigenvalue weighted by Crippen LogP contribution is 2.34. The lowest BCUT2D eigenvalue weighted by Gasteiger charge is -2.29. The lowest BCUT2D eigenvalue weighted by Crippen LogP contribution is -2.43. The van der Waals surface area contributed by atoms with Gasteiger partial charge in [0.1, 0.15) is 27.5 Å². The molecule has 9 heteroatoms. The number of anilines is 3. The van der Waals surface area contributed by atoms with Gasteiger partial charge in [0.15, 0.2) is 0 Å². The molecule has 0 bridgehead atoms. The molecule has 150 valence electrons. The van der Waals surface area contributed by atoms with Crippen LogP contribution < -0.4 is 15.5 Å². The first-order valence-corrected chi connectivity index (χ1v) is 10.7. The van der Waals surface area contributed by atoms with Gasteiger partial charge in [0.2, 0.25) is 5.95 Å². The van der Waals surface area contributed by atoms with Crippen molar-refractivity contribution in [1.82, 2.24) is 29.8 Å². The predicted octanol–water partition coefficient (Wildman–Crippen LogP) is 3.48. The van der Waals surface area contributed by atoms with Gasteiger partial charge in [-0.3, -0.25) is 0 Å². The van der Waals surface area contributed by atoms with E-state index in [4.69, 9.17) is 9.97 Å². The number of pyridine rings is 1. The number of hydrogen-bond donors (Lipinski definition) is 2. The van der Waals surface area contributed by atoms with Gasteiger partial charge in [0.05, 0.1) is 22.8 Å². The Bertz CT molecular complexity index is 1150. The largest absolute Gasteiger partial charge is 0.368 e. The van der Waals surface area contributed by atoms with E-state index in [0.717, 1.165) is 64.1 Å². The number of nitrogens with zero attached hydrogens (tertiary/aromatic N) is 6. The second-order valence-corrected chi connectivity index (χ2v) is 8.58. The summed E-state index contributed by atoms with van der Waals surface area (Å²) in [7, 11) is 0. The van der Waals surface area contributed by atoms with Crippen LogP contribution >= 0.6 is 11.3 Å². The Hall–Kier alpha value is -2.78. The first-order chi connectivity index (χ1) is 14.1. The van der Waals surface area contributed by atoms with E-state index in [9.17, 15) is 0 Å². The molecule has 0 spiro atoms. The van der Waals surface area contributed by atoms with Crippen LogP contribution in [0.4, 0.5) is 17.5 Å². The molecule has 1 aliphatic heterocycles. The normalized spacial score (nSPS) is 15.0. The smallest absolute Gasteiger partial charge is 0.229 e. The van der Waals surface area contributed by atoms with Crippen LogP contribution in [-0.4, -0.2) is 50.7 Å². The lowest BCUT2D eigenvalue weighted by atomic mass is 10.3. The van der Waals surface area contributed by atoms with E-state index in [2.05, 4.69) is 50.0 Å². The Morgan fingerprint density at radius 1 is 1.10 bits per heavy atom. The van der Waals surface area contributed by atoms with Gasteiger partial charge in [-0.1, -0.05) is 0 Å². The molecule has 0 saturated carbocycles. The lowest BCUT2D eigenvalue weighted by molar-refractivity contribution is 0.589. The first kappa shape index (κ1) is 18.3. The average molecular weight is 409 g/mol. The van der Waals surface area contributed by atoms with E-state index >= 15 is 0 Å². The number of piperazine rings is 1. The van der Waals surface area contributed by atoms with Crippen molar-refractivity contribution in [2.75, 3.05) is 36.4 Å². The van der Waals surface area contributed by atoms with Crippen molar-refractivity contribution >= 4 is 49.4 Å². The fourth-order valence-electron chi connectivity index (χ4n) is 3.90. The van der Waals surface area contributed by atoms with Crippen LogP contribution in [0.5, 0.6) is 0 Å². The van der Waals surface area contributed by atoms with Crippen LogP contribution in [0.3, 0.4) is 0 Å². The highest BCUT2D eigenvalue weighted by molar-refractivity contribution is 7.25. The van der Waals surface area contributed by atoms with Gasteiger partial charge in [0.25, 0.3) is 0 Å². The number of hydrogen-bond acceptors (Lipinski definition) is 8. The summed E-state index contributed by atoms with van der Waals surface area (Å²) in [5.41, 5.74) is 3.17. The molecule has 0 aromatic carbocycles. The molecular weight excluding hydrogens is 384 g/mol. The molecule has 0 unspecified atom stereocenters. The van der Waals surface area contributed by atoms with Gasteiger partial charge in [-0.25, -0.2) is 19.9 Å². The molecule has 1 aliphatic rings. The number of nitrogens with one attached hydrogen (secondary N) is 2. The number of aromatic nitrogens is 5. The van der Waals surface area contributed by atoms with Crippen LogP contribution in [0.2, 0.25) is 0 Å². The van der Waals surface area contributed by atoms with E-state index in [1.165, 1.54) is 0 Å². The third-order valence-electron chi connectivity index (χ3n) is 5.23. The maximum absolute atomic E-state index is 4.80. The van der Waals surface area contributed by atoms with Crippen molar-refractivity contribution in [3.63, 3.8) is 0 Å². The monoisotopic (exact) mass is 408 g/mol. The van der Waals surface area contributed by atoms with Crippen LogP contribution in [0.25, 0.3) is 20.6 Å². The molecule has 4 aromatic rings. The van der Waals surface area contributed by atoms with E-state index in [1.54, 1.807) is 11.3 Å². The van der Waals surface area contributed by atoms with Gasteiger partial charge in [0, 0.05) is 32.2 Å². The fourth-order valence-corrected chi connectivity index (χ4v) is 4.92. The minimum absolute atomic E-state index is 0.323. The molecule has 29 heavy (non-hydrogen) atoms. The Balaban J connectivity index is 1.45. The number of aryl methyl sites for hydroxylation is 1. The summed E-state index contributed by atoms with van der Waals surface area (Å²) in [5, 5.41) is 6.62. The van der Waals surface area contributed by atoms with Gasteiger partial charge >= 0.3 is 0 Å². The fraction of sp³-hybridized carbons (Fsp3) is 0.400. The Morgan fingerprint density at radius 3 is 2.66 bits per heavy atom. The SMILES string of the molecule is Cc1nc2sc3cnc(Nc4ccc(N5CCNCC5)cn4)nc3c2n1C(C)C. The molecule has 0 atom stereocenters. The first-order valence-electron chi connectivity index (χ1n) is 9.93. The van der Waals surface area contributed by atoms with Crippen LogP contribution in [0.15, 0.2) is 24.5 Å². The van der Waals surface area contributed by atoms with E-state index in [0.29, 0.717) is 12.0 Å². The summed E-state index contributed by atoms with van der Waals surface area (Å²) < 4.78 is 3.29. The minimum atomic E-state index is 0.323. The standard InChI is InChI=1S/C20H24N8S/c1-12(2)28-13(3)24-19-18(28)17-15(29-19)11-23-20(26-17)25-16-5-4-14(10-22-16)27-8-6-21-7-9-27/h4-5,10-12,21H,6-9H2,1-3H3,(H,22,23,25,26). The molecule has 2 N–H and O–H groups in total. The van der Waals surface area contributed by atoms with Gasteiger partial charge in [-0.05, 0) is 32.9 Å². The molecule has 0 radical (unpaired) electrons. The zero-order valence-electron chi connectivity index (χ0n) is 16.8. The van der Waals surface area contributed by atoms with E-state index < -0.39 is 0 Å². The maximum Gasteiger partial charge on any atom is 0.229 e. The van der Waals surface area contributed by atoms with Crippen molar-refractivity contribution in [1.29, 1.82) is 0 Å². The van der Waals surface area contributed by atoms with Crippen molar-refractivity contribution in [3.8, 4) is 0 Å². The van der Waals surface area contributed by atoms with Crippen LogP contribution in [0.1, 0.15) is 25.7 Å². The molecule has 1 saturated heterocycles. The molecular formula is C20H24N8S. The quantitative estimate of drug-likeness (QED) is 0.535.